The van der Waals surface area contributed by atoms with Gasteiger partial charge in [0.15, 0.2) is 0 Å². The molecule has 0 amide bonds. The van der Waals surface area contributed by atoms with E-state index in [-0.39, 0.29) is 23.5 Å². The number of benzene rings is 2. The minimum Gasteiger partial charge on any atom is -0.287 e. The van der Waals surface area contributed by atoms with Crippen LogP contribution in [0.15, 0.2) is 48.5 Å². The molecule has 110 valence electrons. The summed E-state index contributed by atoms with van der Waals surface area (Å²) in [6, 6.07) is 18.0. The zero-order chi connectivity index (χ0) is 14.0. The largest absolute Gasteiger partial charge is 0.287 e. The summed E-state index contributed by atoms with van der Waals surface area (Å²) in [5, 5.41) is 0. The molecular weight excluding hydrogens is 278 g/mol. The average molecular weight is 300 g/mol. The highest BCUT2D eigenvalue weighted by Crippen LogP contribution is 2.51. The highest BCUT2D eigenvalue weighted by Gasteiger charge is 2.52. The van der Waals surface area contributed by atoms with Crippen LogP contribution in [-0.2, 0) is 18.4 Å². The first-order valence-corrected chi connectivity index (χ1v) is 7.46. The van der Waals surface area contributed by atoms with E-state index >= 15 is 0 Å². The van der Waals surface area contributed by atoms with Crippen LogP contribution in [-0.4, -0.2) is 17.5 Å². The molecule has 0 aromatic heterocycles. The molecule has 2 bridgehead atoms. The fourth-order valence-electron chi connectivity index (χ4n) is 4.47. The van der Waals surface area contributed by atoms with Crippen molar-refractivity contribution in [3.8, 4) is 0 Å². The first-order valence-electron chi connectivity index (χ1n) is 7.46. The minimum atomic E-state index is -0.00155. The fraction of sp³-hybridized carbons (Fsp3) is 0.368. The van der Waals surface area contributed by atoms with Crippen LogP contribution in [0.5, 0.6) is 0 Å². The van der Waals surface area contributed by atoms with Crippen molar-refractivity contribution in [2.24, 2.45) is 0 Å². The van der Waals surface area contributed by atoms with E-state index in [9.17, 15) is 0 Å². The number of hydrogen-bond donors (Lipinski definition) is 0. The Balaban J connectivity index is 0.00000132. The molecule has 0 radical (unpaired) electrons. The maximum atomic E-state index is 2.60. The van der Waals surface area contributed by atoms with E-state index in [2.05, 4.69) is 74.3 Å². The first-order chi connectivity index (χ1) is 9.56. The van der Waals surface area contributed by atoms with E-state index < -0.39 is 0 Å². The van der Waals surface area contributed by atoms with Crippen LogP contribution in [0.4, 0.5) is 0 Å². The molecule has 0 aliphatic carbocycles. The summed E-state index contributed by atoms with van der Waals surface area (Å²) in [5.41, 5.74) is 6.21. The standard InChI is InChI=1S/C19H21N.ClH/c1-18-12-14-8-4-6-10-16(14)19(2,20(18)3)17-11-7-5-9-15(17)13-18;/h4-11H,12-13H2,1-3H3;1H. The Kier molecular flexibility index (Phi) is 3.20. The average Bonchev–Trinajstić information content (AvgIpc) is 2.44. The molecule has 2 heterocycles. The Morgan fingerprint density at radius 2 is 1.24 bits per heavy atom. The molecule has 21 heavy (non-hydrogen) atoms. The van der Waals surface area contributed by atoms with Gasteiger partial charge in [-0.1, -0.05) is 48.5 Å². The second kappa shape index (κ2) is 4.59. The molecule has 2 heteroatoms. The first kappa shape index (κ1) is 14.6. The smallest absolute Gasteiger partial charge is 0.0694 e. The number of nitrogens with zero attached hydrogens (tertiary/aromatic N) is 1. The van der Waals surface area contributed by atoms with Crippen molar-refractivity contribution in [3.05, 3.63) is 70.8 Å². The maximum Gasteiger partial charge on any atom is 0.0694 e. The van der Waals surface area contributed by atoms with Gasteiger partial charge in [-0.25, -0.2) is 0 Å². The molecule has 0 atom stereocenters. The monoisotopic (exact) mass is 299 g/mol. The van der Waals surface area contributed by atoms with Gasteiger partial charge in [-0.15, -0.1) is 12.4 Å². The summed E-state index contributed by atoms with van der Waals surface area (Å²) in [7, 11) is 2.30. The molecule has 2 aromatic carbocycles. The zero-order valence-corrected chi connectivity index (χ0v) is 13.7. The second-order valence-corrected chi connectivity index (χ2v) is 6.80. The van der Waals surface area contributed by atoms with Crippen molar-refractivity contribution >= 4 is 12.4 Å². The molecule has 2 aromatic rings. The quantitative estimate of drug-likeness (QED) is 0.705. The van der Waals surface area contributed by atoms with Crippen molar-refractivity contribution < 1.29 is 0 Å². The topological polar surface area (TPSA) is 3.24 Å². The highest BCUT2D eigenvalue weighted by molar-refractivity contribution is 5.85. The molecule has 0 N–H and O–H groups in total. The number of fused-ring (bicyclic) bond motifs is 6. The number of rotatable bonds is 0. The molecule has 1 nitrogen and oxygen atoms in total. The number of hydrogen-bond acceptors (Lipinski definition) is 1. The zero-order valence-electron chi connectivity index (χ0n) is 12.9. The van der Waals surface area contributed by atoms with Gasteiger partial charge in [-0.05, 0) is 56.0 Å². The van der Waals surface area contributed by atoms with Gasteiger partial charge in [-0.3, -0.25) is 4.90 Å². The van der Waals surface area contributed by atoms with Crippen molar-refractivity contribution in [1.29, 1.82) is 0 Å². The summed E-state index contributed by atoms with van der Waals surface area (Å²) in [5.74, 6) is 0. The molecule has 0 saturated heterocycles. The van der Waals surface area contributed by atoms with E-state index in [1.54, 1.807) is 0 Å². The van der Waals surface area contributed by atoms with Crippen LogP contribution >= 0.6 is 12.4 Å². The van der Waals surface area contributed by atoms with E-state index in [0.717, 1.165) is 12.8 Å². The normalized spacial score (nSPS) is 30.0. The van der Waals surface area contributed by atoms with Gasteiger partial charge in [0, 0.05) is 5.54 Å². The van der Waals surface area contributed by atoms with Crippen molar-refractivity contribution in [1.82, 2.24) is 4.90 Å². The Bertz CT molecular complexity index is 642. The van der Waals surface area contributed by atoms with E-state index in [1.807, 2.05) is 0 Å². The predicted octanol–water partition coefficient (Wildman–Crippen LogP) is 4.17. The number of likely N-dealkylation sites (N-methyl/N-ethyl adjacent to an activating group) is 1. The highest BCUT2D eigenvalue weighted by atomic mass is 35.5. The number of halogens is 1. The van der Waals surface area contributed by atoms with Crippen LogP contribution in [0.3, 0.4) is 0 Å². The SMILES string of the molecule is CN1C2(C)Cc3ccccc3C1(C)c1ccccc1C2.Cl. The Morgan fingerprint density at radius 3 is 1.71 bits per heavy atom. The third kappa shape index (κ3) is 1.74. The second-order valence-electron chi connectivity index (χ2n) is 6.80. The lowest BCUT2D eigenvalue weighted by Crippen LogP contribution is -2.63. The van der Waals surface area contributed by atoms with Crippen molar-refractivity contribution in [2.45, 2.75) is 37.8 Å². The Labute approximate surface area is 133 Å². The molecule has 0 fully saturated rings. The lowest BCUT2D eigenvalue weighted by Gasteiger charge is -2.58. The van der Waals surface area contributed by atoms with Gasteiger partial charge in [0.2, 0.25) is 0 Å². The summed E-state index contributed by atoms with van der Waals surface area (Å²) in [6.45, 7) is 4.80. The van der Waals surface area contributed by atoms with Crippen LogP contribution in [0, 0.1) is 0 Å². The van der Waals surface area contributed by atoms with Crippen LogP contribution in [0.1, 0.15) is 36.1 Å². The fourth-order valence-corrected chi connectivity index (χ4v) is 4.47. The van der Waals surface area contributed by atoms with E-state index in [0.29, 0.717) is 0 Å². The van der Waals surface area contributed by atoms with E-state index in [4.69, 9.17) is 0 Å². The molecule has 0 spiro atoms. The lowest BCUT2D eigenvalue weighted by molar-refractivity contribution is 0.0142. The van der Waals surface area contributed by atoms with Crippen molar-refractivity contribution in [3.63, 3.8) is 0 Å². The molecular formula is C19H22ClN. The third-order valence-corrected chi connectivity index (χ3v) is 5.71. The van der Waals surface area contributed by atoms with Crippen LogP contribution in [0.25, 0.3) is 0 Å². The summed E-state index contributed by atoms with van der Waals surface area (Å²) in [4.78, 5) is 2.60. The van der Waals surface area contributed by atoms with Gasteiger partial charge < -0.3 is 0 Å². The Hall–Kier alpha value is -1.31. The third-order valence-electron chi connectivity index (χ3n) is 5.71. The van der Waals surface area contributed by atoms with Gasteiger partial charge in [0.05, 0.1) is 5.54 Å². The minimum absolute atomic E-state index is 0. The summed E-state index contributed by atoms with van der Waals surface area (Å²) in [6.07, 6.45) is 2.28. The maximum absolute atomic E-state index is 2.60. The van der Waals surface area contributed by atoms with Gasteiger partial charge in [0.25, 0.3) is 0 Å². The molecule has 2 aliphatic heterocycles. The lowest BCUT2D eigenvalue weighted by atomic mass is 9.64. The molecule has 2 aliphatic rings. The molecule has 0 saturated carbocycles. The summed E-state index contributed by atoms with van der Waals surface area (Å²) < 4.78 is 0. The Morgan fingerprint density at radius 1 is 0.810 bits per heavy atom. The van der Waals surface area contributed by atoms with Crippen LogP contribution < -0.4 is 0 Å². The molecule has 0 unspecified atom stereocenters. The van der Waals surface area contributed by atoms with Crippen LogP contribution in [0.2, 0.25) is 0 Å². The summed E-state index contributed by atoms with van der Waals surface area (Å²) >= 11 is 0. The molecule has 4 rings (SSSR count). The van der Waals surface area contributed by atoms with Gasteiger partial charge in [-0.2, -0.15) is 0 Å². The van der Waals surface area contributed by atoms with Gasteiger partial charge in [0.1, 0.15) is 0 Å². The van der Waals surface area contributed by atoms with E-state index in [1.165, 1.54) is 22.3 Å². The van der Waals surface area contributed by atoms with Gasteiger partial charge >= 0.3 is 0 Å². The van der Waals surface area contributed by atoms with Crippen molar-refractivity contribution in [2.75, 3.05) is 7.05 Å². The predicted molar refractivity (Wildman–Crippen MR) is 90.2 cm³/mol.